The predicted octanol–water partition coefficient (Wildman–Crippen LogP) is 4.94. The van der Waals surface area contributed by atoms with Crippen molar-refractivity contribution in [1.29, 1.82) is 0 Å². The lowest BCUT2D eigenvalue weighted by molar-refractivity contribution is 0.456. The molecule has 2 aliphatic heterocycles. The monoisotopic (exact) mass is 432 g/mol. The van der Waals surface area contributed by atoms with E-state index >= 15 is 0 Å². The van der Waals surface area contributed by atoms with Crippen LogP contribution in [0.5, 0.6) is 5.75 Å². The number of anilines is 2. The van der Waals surface area contributed by atoms with Crippen LogP contribution in [0.4, 0.5) is 11.4 Å². The van der Waals surface area contributed by atoms with E-state index in [0.29, 0.717) is 23.3 Å². The Hall–Kier alpha value is -2.95. The molecule has 0 fully saturated rings. The summed E-state index contributed by atoms with van der Waals surface area (Å²) in [5.41, 5.74) is 7.43. The van der Waals surface area contributed by atoms with Crippen LogP contribution in [0.1, 0.15) is 54.5 Å². The molecule has 5 heteroatoms. The summed E-state index contributed by atoms with van der Waals surface area (Å²) in [6.45, 7) is 10.2. The third-order valence-electron chi connectivity index (χ3n) is 7.34. The number of phenolic OH excluding ortho intramolecular Hbond substituents is 1. The van der Waals surface area contributed by atoms with Gasteiger partial charge in [-0.05, 0) is 81.3 Å². The standard InChI is InChI=1S/C27H32N2O3/c1-4-28(5-2)20-10-11-21-17(3)23(27(31)32-24(21)16-20)15-19-14-18-8-6-12-29-13-7-9-22(25(18)29)26(19)30/h10-11,14,16,30H,4-9,12-13,15H2,1-3H3. The van der Waals surface area contributed by atoms with E-state index in [9.17, 15) is 9.90 Å². The van der Waals surface area contributed by atoms with E-state index in [-0.39, 0.29) is 5.63 Å². The molecule has 0 radical (unpaired) electrons. The first kappa shape index (κ1) is 20.9. The molecule has 5 rings (SSSR count). The summed E-state index contributed by atoms with van der Waals surface area (Å²) in [6, 6.07) is 8.24. The molecule has 2 aliphatic rings. The Labute approximate surface area is 189 Å². The molecule has 0 saturated heterocycles. The number of rotatable bonds is 5. The molecule has 1 aromatic heterocycles. The van der Waals surface area contributed by atoms with Crippen LogP contribution < -0.4 is 15.4 Å². The van der Waals surface area contributed by atoms with Gasteiger partial charge in [-0.3, -0.25) is 0 Å². The van der Waals surface area contributed by atoms with E-state index in [1.807, 2.05) is 13.0 Å². The lowest BCUT2D eigenvalue weighted by Crippen LogP contribution is -2.34. The van der Waals surface area contributed by atoms with Crippen molar-refractivity contribution in [2.24, 2.45) is 0 Å². The summed E-state index contributed by atoms with van der Waals surface area (Å²) in [5, 5.41) is 12.1. The third-order valence-corrected chi connectivity index (χ3v) is 7.34. The minimum atomic E-state index is -0.306. The second-order valence-corrected chi connectivity index (χ2v) is 9.09. The summed E-state index contributed by atoms with van der Waals surface area (Å²) < 4.78 is 5.79. The van der Waals surface area contributed by atoms with Crippen molar-refractivity contribution < 1.29 is 9.52 Å². The summed E-state index contributed by atoms with van der Waals surface area (Å²) >= 11 is 0. The maximum Gasteiger partial charge on any atom is 0.340 e. The molecule has 0 bridgehead atoms. The molecular formula is C27H32N2O3. The maximum atomic E-state index is 13.0. The zero-order valence-corrected chi connectivity index (χ0v) is 19.3. The summed E-state index contributed by atoms with van der Waals surface area (Å²) in [6.07, 6.45) is 4.54. The van der Waals surface area contributed by atoms with Crippen LogP contribution in [0.2, 0.25) is 0 Å². The predicted molar refractivity (Wildman–Crippen MR) is 131 cm³/mol. The Morgan fingerprint density at radius 3 is 2.59 bits per heavy atom. The minimum absolute atomic E-state index is 0.306. The maximum absolute atomic E-state index is 13.0. The molecule has 0 atom stereocenters. The van der Waals surface area contributed by atoms with Crippen molar-refractivity contribution in [3.63, 3.8) is 0 Å². The number of benzene rings is 2. The molecule has 0 saturated carbocycles. The van der Waals surface area contributed by atoms with E-state index < -0.39 is 0 Å². The average Bonchev–Trinajstić information content (AvgIpc) is 2.80. The smallest absolute Gasteiger partial charge is 0.340 e. The number of fused-ring (bicyclic) bond motifs is 1. The number of nitrogens with zero attached hydrogens (tertiary/aromatic N) is 2. The van der Waals surface area contributed by atoms with E-state index in [1.54, 1.807) is 0 Å². The Morgan fingerprint density at radius 1 is 1.09 bits per heavy atom. The van der Waals surface area contributed by atoms with Crippen LogP contribution in [-0.2, 0) is 19.3 Å². The van der Waals surface area contributed by atoms with Gasteiger partial charge in [0.15, 0.2) is 0 Å². The fraction of sp³-hybridized carbons (Fsp3) is 0.444. The van der Waals surface area contributed by atoms with Crippen molar-refractivity contribution >= 4 is 22.3 Å². The second-order valence-electron chi connectivity index (χ2n) is 9.09. The van der Waals surface area contributed by atoms with Crippen LogP contribution in [0, 0.1) is 6.92 Å². The lowest BCUT2D eigenvalue weighted by atomic mass is 9.87. The Balaban J connectivity index is 1.58. The van der Waals surface area contributed by atoms with Gasteiger partial charge < -0.3 is 19.3 Å². The van der Waals surface area contributed by atoms with Gasteiger partial charge in [-0.15, -0.1) is 0 Å². The third kappa shape index (κ3) is 3.35. The molecule has 3 aromatic rings. The minimum Gasteiger partial charge on any atom is -0.507 e. The normalized spacial score (nSPS) is 15.2. The van der Waals surface area contributed by atoms with Crippen LogP contribution >= 0.6 is 0 Å². The van der Waals surface area contributed by atoms with Crippen LogP contribution in [-0.4, -0.2) is 31.3 Å². The topological polar surface area (TPSA) is 56.9 Å². The van der Waals surface area contributed by atoms with Gasteiger partial charge in [-0.1, -0.05) is 0 Å². The second kappa shape index (κ2) is 8.19. The lowest BCUT2D eigenvalue weighted by Gasteiger charge is -2.37. The molecular weight excluding hydrogens is 400 g/mol. The highest BCUT2D eigenvalue weighted by atomic mass is 16.4. The summed E-state index contributed by atoms with van der Waals surface area (Å²) in [4.78, 5) is 17.7. The molecule has 0 spiro atoms. The van der Waals surface area contributed by atoms with E-state index in [0.717, 1.165) is 79.6 Å². The average molecular weight is 433 g/mol. The number of aryl methyl sites for hydroxylation is 2. The van der Waals surface area contributed by atoms with Crippen molar-refractivity contribution in [2.75, 3.05) is 36.0 Å². The van der Waals surface area contributed by atoms with E-state index in [1.165, 1.54) is 11.3 Å². The largest absolute Gasteiger partial charge is 0.507 e. The van der Waals surface area contributed by atoms with Crippen LogP contribution in [0.3, 0.4) is 0 Å². The molecule has 32 heavy (non-hydrogen) atoms. The number of phenols is 1. The molecule has 1 N–H and O–H groups in total. The molecule has 3 heterocycles. The molecule has 0 aliphatic carbocycles. The number of aromatic hydroxyl groups is 1. The van der Waals surface area contributed by atoms with E-state index in [2.05, 4.69) is 41.8 Å². The van der Waals surface area contributed by atoms with Crippen LogP contribution in [0.15, 0.2) is 33.5 Å². The van der Waals surface area contributed by atoms with Crippen LogP contribution in [0.25, 0.3) is 11.0 Å². The quantitative estimate of drug-likeness (QED) is 0.579. The number of hydrogen-bond acceptors (Lipinski definition) is 5. The van der Waals surface area contributed by atoms with Gasteiger partial charge in [0, 0.05) is 66.6 Å². The van der Waals surface area contributed by atoms with Crippen molar-refractivity contribution in [1.82, 2.24) is 0 Å². The summed E-state index contributed by atoms with van der Waals surface area (Å²) in [7, 11) is 0. The van der Waals surface area contributed by atoms with Crippen molar-refractivity contribution in [3.8, 4) is 5.75 Å². The molecule has 0 amide bonds. The van der Waals surface area contributed by atoms with Crippen molar-refractivity contribution in [2.45, 2.75) is 52.9 Å². The van der Waals surface area contributed by atoms with Gasteiger partial charge in [0.1, 0.15) is 11.3 Å². The fourth-order valence-corrected chi connectivity index (χ4v) is 5.61. The van der Waals surface area contributed by atoms with Gasteiger partial charge in [0.25, 0.3) is 0 Å². The van der Waals surface area contributed by atoms with E-state index in [4.69, 9.17) is 4.42 Å². The van der Waals surface area contributed by atoms with Gasteiger partial charge >= 0.3 is 5.63 Å². The molecule has 0 unspecified atom stereocenters. The molecule has 5 nitrogen and oxygen atoms in total. The van der Waals surface area contributed by atoms with Gasteiger partial charge in [0.2, 0.25) is 0 Å². The zero-order chi connectivity index (χ0) is 22.4. The van der Waals surface area contributed by atoms with Gasteiger partial charge in [-0.2, -0.15) is 0 Å². The highest BCUT2D eigenvalue weighted by molar-refractivity contribution is 5.84. The first-order chi connectivity index (χ1) is 15.5. The first-order valence-corrected chi connectivity index (χ1v) is 11.9. The zero-order valence-electron chi connectivity index (χ0n) is 19.3. The van der Waals surface area contributed by atoms with Gasteiger partial charge in [0.05, 0.1) is 0 Å². The Kier molecular flexibility index (Phi) is 5.36. The first-order valence-electron chi connectivity index (χ1n) is 11.9. The van der Waals surface area contributed by atoms with Crippen molar-refractivity contribution in [3.05, 3.63) is 62.5 Å². The Morgan fingerprint density at radius 2 is 1.84 bits per heavy atom. The molecule has 2 aromatic carbocycles. The SMILES string of the molecule is CCN(CC)c1ccc2c(C)c(Cc3cc4c5c(c3O)CCCN5CCC4)c(=O)oc2c1. The highest BCUT2D eigenvalue weighted by Gasteiger charge is 2.28. The highest BCUT2D eigenvalue weighted by Crippen LogP contribution is 2.42. The Bertz CT molecular complexity index is 1240. The molecule has 168 valence electrons. The number of hydrogen-bond donors (Lipinski definition) is 1. The fourth-order valence-electron chi connectivity index (χ4n) is 5.61. The summed E-state index contributed by atoms with van der Waals surface area (Å²) in [5.74, 6) is 0.367. The van der Waals surface area contributed by atoms with Gasteiger partial charge in [-0.25, -0.2) is 4.79 Å².